The zero-order valence-electron chi connectivity index (χ0n) is 20.7. The summed E-state index contributed by atoms with van der Waals surface area (Å²) >= 11 is 2.34. The third-order valence-corrected chi connectivity index (χ3v) is 7.99. The van der Waals surface area contributed by atoms with Crippen LogP contribution in [0, 0.1) is 0 Å². The van der Waals surface area contributed by atoms with Crippen molar-refractivity contribution >= 4 is 43.1 Å². The number of phenolic OH excluding ortho intramolecular Hbond substituents is 4. The van der Waals surface area contributed by atoms with Crippen LogP contribution in [0.3, 0.4) is 0 Å². The van der Waals surface area contributed by atoms with Crippen molar-refractivity contribution in [3.63, 3.8) is 0 Å². The largest absolute Gasteiger partial charge is 0.508 e. The van der Waals surface area contributed by atoms with Crippen LogP contribution in [0.4, 0.5) is 26.3 Å². The molecular formula is C28H16F6N2O4S2. The van der Waals surface area contributed by atoms with E-state index in [1.165, 1.54) is 59.1 Å². The highest BCUT2D eigenvalue weighted by atomic mass is 32.1. The number of halogens is 6. The van der Waals surface area contributed by atoms with Crippen LogP contribution in [0.15, 0.2) is 72.8 Å². The maximum Gasteiger partial charge on any atom is 0.416 e. The van der Waals surface area contributed by atoms with Crippen LogP contribution >= 0.6 is 22.7 Å². The Hall–Kier alpha value is -4.56. The number of hydrogen-bond donors (Lipinski definition) is 4. The van der Waals surface area contributed by atoms with E-state index in [4.69, 9.17) is 0 Å². The molecule has 2 heterocycles. The van der Waals surface area contributed by atoms with Crippen LogP contribution in [0.2, 0.25) is 0 Å². The summed E-state index contributed by atoms with van der Waals surface area (Å²) in [4.78, 5) is 8.25. The minimum absolute atomic E-state index is 0.100. The van der Waals surface area contributed by atoms with Gasteiger partial charge in [-0.2, -0.15) is 26.3 Å². The van der Waals surface area contributed by atoms with Crippen LogP contribution in [0.5, 0.6) is 23.0 Å². The summed E-state index contributed by atoms with van der Waals surface area (Å²) in [5, 5.41) is 38.8. The second kappa shape index (κ2) is 10.7. The van der Waals surface area contributed by atoms with Crippen molar-refractivity contribution < 1.29 is 46.8 Å². The molecule has 6 rings (SSSR count). The molecule has 6 nitrogen and oxygen atoms in total. The summed E-state index contributed by atoms with van der Waals surface area (Å²) in [6.07, 6.45) is -8.84. The number of aromatic nitrogens is 2. The molecule has 0 bridgehead atoms. The Morgan fingerprint density at radius 2 is 0.881 bits per heavy atom. The molecule has 0 aliphatic rings. The fraction of sp³-hybridized carbons (Fsp3) is 0.0714. The van der Waals surface area contributed by atoms with E-state index in [1.54, 1.807) is 0 Å². The maximum atomic E-state index is 12.7. The molecule has 0 saturated carbocycles. The van der Waals surface area contributed by atoms with E-state index in [1.807, 2.05) is 0 Å². The third kappa shape index (κ3) is 6.04. The zero-order chi connectivity index (χ0) is 30.4. The molecule has 0 aliphatic carbocycles. The number of nitrogens with zero attached hydrogens (tertiary/aromatic N) is 2. The molecule has 42 heavy (non-hydrogen) atoms. The minimum atomic E-state index is -4.42. The Labute approximate surface area is 240 Å². The molecule has 0 radical (unpaired) electrons. The van der Waals surface area contributed by atoms with Gasteiger partial charge in [0.25, 0.3) is 0 Å². The van der Waals surface area contributed by atoms with Crippen LogP contribution in [0.1, 0.15) is 11.1 Å². The molecule has 14 heteroatoms. The molecule has 0 spiro atoms. The van der Waals surface area contributed by atoms with Gasteiger partial charge in [0.05, 0.1) is 42.7 Å². The SMILES string of the molecule is Oc1ccc(-c2nc3cc(C(F)(F)F)ccc3s2)c(O)c1.Oc1ccc(-c2nc3cc(C(F)(F)F)ccc3s2)c(O)c1. The lowest BCUT2D eigenvalue weighted by Crippen LogP contribution is -2.03. The van der Waals surface area contributed by atoms with Gasteiger partial charge in [-0.25, -0.2) is 9.97 Å². The first-order valence-corrected chi connectivity index (χ1v) is 13.3. The topological polar surface area (TPSA) is 107 Å². The fourth-order valence-electron chi connectivity index (χ4n) is 3.84. The standard InChI is InChI=1S/2C14H8F3NO2S/c2*15-14(16,17)7-1-4-12-10(5-7)18-13(21-12)9-3-2-8(19)6-11(9)20/h2*1-6,19-20H. The van der Waals surface area contributed by atoms with Gasteiger partial charge < -0.3 is 20.4 Å². The monoisotopic (exact) mass is 622 g/mol. The number of phenols is 4. The van der Waals surface area contributed by atoms with Gasteiger partial charge in [0.2, 0.25) is 0 Å². The van der Waals surface area contributed by atoms with Crippen LogP contribution in [-0.4, -0.2) is 30.4 Å². The van der Waals surface area contributed by atoms with Crippen molar-refractivity contribution in [2.24, 2.45) is 0 Å². The van der Waals surface area contributed by atoms with E-state index in [0.29, 0.717) is 30.5 Å². The highest BCUT2D eigenvalue weighted by Crippen LogP contribution is 2.40. The number of alkyl halides is 6. The molecule has 0 saturated heterocycles. The first kappa shape index (κ1) is 29.0. The van der Waals surface area contributed by atoms with Crippen molar-refractivity contribution in [1.82, 2.24) is 9.97 Å². The van der Waals surface area contributed by atoms with Gasteiger partial charge in [0.15, 0.2) is 0 Å². The van der Waals surface area contributed by atoms with Gasteiger partial charge in [-0.15, -0.1) is 22.7 Å². The van der Waals surface area contributed by atoms with E-state index in [0.717, 1.165) is 36.4 Å². The van der Waals surface area contributed by atoms with Crippen molar-refractivity contribution in [2.45, 2.75) is 12.4 Å². The normalized spacial score (nSPS) is 12.0. The fourth-order valence-corrected chi connectivity index (χ4v) is 5.80. The molecule has 0 aliphatic heterocycles. The Kier molecular flexibility index (Phi) is 7.37. The minimum Gasteiger partial charge on any atom is -0.508 e. The third-order valence-electron chi connectivity index (χ3n) is 5.85. The van der Waals surface area contributed by atoms with Crippen LogP contribution in [-0.2, 0) is 12.4 Å². The lowest BCUT2D eigenvalue weighted by molar-refractivity contribution is -0.138. The molecule has 4 N–H and O–H groups in total. The van der Waals surface area contributed by atoms with E-state index < -0.39 is 23.5 Å². The summed E-state index contributed by atoms with van der Waals surface area (Å²) in [6.45, 7) is 0. The lowest BCUT2D eigenvalue weighted by atomic mass is 10.2. The van der Waals surface area contributed by atoms with Gasteiger partial charge >= 0.3 is 12.4 Å². The first-order valence-electron chi connectivity index (χ1n) is 11.7. The molecule has 0 fully saturated rings. The van der Waals surface area contributed by atoms with Gasteiger partial charge in [-0.05, 0) is 60.7 Å². The predicted molar refractivity (Wildman–Crippen MR) is 147 cm³/mol. The summed E-state index contributed by atoms with van der Waals surface area (Å²) in [6, 6.07) is 14.7. The summed E-state index contributed by atoms with van der Waals surface area (Å²) in [5.74, 6) is -0.552. The summed E-state index contributed by atoms with van der Waals surface area (Å²) < 4.78 is 77.1. The molecular weight excluding hydrogens is 606 g/mol. The zero-order valence-corrected chi connectivity index (χ0v) is 22.3. The van der Waals surface area contributed by atoms with Gasteiger partial charge in [-0.1, -0.05) is 0 Å². The van der Waals surface area contributed by atoms with Crippen molar-refractivity contribution in [2.75, 3.05) is 0 Å². The molecule has 216 valence electrons. The summed E-state index contributed by atoms with van der Waals surface area (Å²) in [7, 11) is 0. The Morgan fingerprint density at radius 3 is 1.21 bits per heavy atom. The van der Waals surface area contributed by atoms with Crippen molar-refractivity contribution in [3.8, 4) is 44.1 Å². The Balaban J connectivity index is 0.000000168. The molecule has 0 amide bonds. The van der Waals surface area contributed by atoms with Crippen LogP contribution < -0.4 is 0 Å². The summed E-state index contributed by atoms with van der Waals surface area (Å²) in [5.41, 5.74) is -0.358. The number of thiazole rings is 2. The average Bonchev–Trinajstić information content (AvgIpc) is 3.51. The highest BCUT2D eigenvalue weighted by Gasteiger charge is 2.31. The van der Waals surface area contributed by atoms with Gasteiger partial charge in [0.1, 0.15) is 33.0 Å². The van der Waals surface area contributed by atoms with Crippen molar-refractivity contribution in [1.29, 1.82) is 0 Å². The Bertz CT molecular complexity index is 1790. The first-order chi connectivity index (χ1) is 19.7. The predicted octanol–water partition coefficient (Wildman–Crippen LogP) is 8.79. The lowest BCUT2D eigenvalue weighted by Gasteiger charge is -2.04. The number of benzene rings is 4. The van der Waals surface area contributed by atoms with E-state index in [-0.39, 0.29) is 34.0 Å². The van der Waals surface area contributed by atoms with Crippen molar-refractivity contribution in [3.05, 3.63) is 83.9 Å². The quantitative estimate of drug-likeness (QED) is 0.144. The molecule has 0 atom stereocenters. The second-order valence-electron chi connectivity index (χ2n) is 8.80. The molecule has 4 aromatic carbocycles. The molecule has 0 unspecified atom stereocenters. The van der Waals surface area contributed by atoms with E-state index in [2.05, 4.69) is 9.97 Å². The molecule has 6 aromatic rings. The number of aromatic hydroxyl groups is 4. The highest BCUT2D eigenvalue weighted by molar-refractivity contribution is 7.22. The number of fused-ring (bicyclic) bond motifs is 2. The van der Waals surface area contributed by atoms with Crippen LogP contribution in [0.25, 0.3) is 41.6 Å². The van der Waals surface area contributed by atoms with Gasteiger partial charge in [-0.3, -0.25) is 0 Å². The molecule has 2 aromatic heterocycles. The smallest absolute Gasteiger partial charge is 0.416 e. The van der Waals surface area contributed by atoms with Gasteiger partial charge in [0, 0.05) is 12.1 Å². The maximum absolute atomic E-state index is 12.7. The second-order valence-corrected chi connectivity index (χ2v) is 10.9. The number of hydrogen-bond acceptors (Lipinski definition) is 8. The van der Waals surface area contributed by atoms with E-state index >= 15 is 0 Å². The van der Waals surface area contributed by atoms with E-state index in [9.17, 15) is 46.8 Å². The Morgan fingerprint density at radius 1 is 0.500 bits per heavy atom. The number of rotatable bonds is 2. The average molecular weight is 623 g/mol.